The van der Waals surface area contributed by atoms with Crippen molar-refractivity contribution in [2.45, 2.75) is 18.9 Å². The first-order valence-electron chi connectivity index (χ1n) is 11.4. The Morgan fingerprint density at radius 2 is 1.80 bits per heavy atom. The van der Waals surface area contributed by atoms with Gasteiger partial charge in [-0.3, -0.25) is 9.69 Å². The lowest BCUT2D eigenvalue weighted by molar-refractivity contribution is 0.0699. The van der Waals surface area contributed by atoms with E-state index in [1.165, 1.54) is 11.3 Å². The fourth-order valence-electron chi connectivity index (χ4n) is 4.38. The van der Waals surface area contributed by atoms with Gasteiger partial charge in [-0.1, -0.05) is 18.2 Å². The molecule has 176 valence electrons. The van der Waals surface area contributed by atoms with Crippen LogP contribution in [0.25, 0.3) is 10.2 Å². The SMILES string of the molecule is O=C(NC1CCOCC1)c1sc2nccc3c2c1NC(=O)N3c1ccc(Oc2ccccc2)cc1. The smallest absolute Gasteiger partial charge is 0.331 e. The van der Waals surface area contributed by atoms with Crippen LogP contribution in [0.4, 0.5) is 21.9 Å². The van der Waals surface area contributed by atoms with Crippen molar-refractivity contribution in [3.8, 4) is 11.5 Å². The largest absolute Gasteiger partial charge is 0.457 e. The minimum absolute atomic E-state index is 0.0634. The average molecular weight is 487 g/mol. The van der Waals surface area contributed by atoms with Gasteiger partial charge in [-0.15, -0.1) is 11.3 Å². The van der Waals surface area contributed by atoms with Gasteiger partial charge in [0.15, 0.2) is 0 Å². The van der Waals surface area contributed by atoms with Crippen LogP contribution in [0.15, 0.2) is 66.9 Å². The number of carbonyl (C=O) groups is 2. The second kappa shape index (κ2) is 9.01. The van der Waals surface area contributed by atoms with Crippen LogP contribution < -0.4 is 20.3 Å². The second-order valence-electron chi connectivity index (χ2n) is 8.35. The lowest BCUT2D eigenvalue weighted by Gasteiger charge is -2.28. The van der Waals surface area contributed by atoms with Gasteiger partial charge in [0.25, 0.3) is 5.91 Å². The number of pyridine rings is 1. The first-order chi connectivity index (χ1) is 17.2. The zero-order chi connectivity index (χ0) is 23.8. The third kappa shape index (κ3) is 4.09. The fourth-order valence-corrected chi connectivity index (χ4v) is 5.40. The molecule has 2 aromatic heterocycles. The Morgan fingerprint density at radius 3 is 2.57 bits per heavy atom. The predicted molar refractivity (Wildman–Crippen MR) is 135 cm³/mol. The van der Waals surface area contributed by atoms with Gasteiger partial charge >= 0.3 is 6.03 Å². The van der Waals surface area contributed by atoms with Gasteiger partial charge in [0.05, 0.1) is 22.4 Å². The summed E-state index contributed by atoms with van der Waals surface area (Å²) in [6, 6.07) is 18.4. The number of thiophene rings is 1. The first-order valence-corrected chi connectivity index (χ1v) is 12.2. The summed E-state index contributed by atoms with van der Waals surface area (Å²) >= 11 is 1.29. The molecule has 8 nitrogen and oxygen atoms in total. The van der Waals surface area contributed by atoms with Gasteiger partial charge in [0.1, 0.15) is 21.2 Å². The van der Waals surface area contributed by atoms with Crippen molar-refractivity contribution in [1.82, 2.24) is 10.3 Å². The highest BCUT2D eigenvalue weighted by Gasteiger charge is 2.33. The zero-order valence-electron chi connectivity index (χ0n) is 18.7. The summed E-state index contributed by atoms with van der Waals surface area (Å²) in [5.74, 6) is 1.21. The van der Waals surface area contributed by atoms with E-state index >= 15 is 0 Å². The first kappa shape index (κ1) is 21.6. The number of hydrogen-bond acceptors (Lipinski definition) is 6. The van der Waals surface area contributed by atoms with Crippen LogP contribution in [0.3, 0.4) is 0 Å². The number of carbonyl (C=O) groups excluding carboxylic acids is 2. The number of rotatable bonds is 5. The Balaban J connectivity index is 1.31. The number of anilines is 3. The fraction of sp³-hybridized carbons (Fsp3) is 0.192. The van der Waals surface area contributed by atoms with Crippen LogP contribution in [0.5, 0.6) is 11.5 Å². The van der Waals surface area contributed by atoms with E-state index in [1.807, 2.05) is 54.6 Å². The molecule has 4 heterocycles. The van der Waals surface area contributed by atoms with Crippen molar-refractivity contribution in [3.05, 3.63) is 71.7 Å². The topological polar surface area (TPSA) is 92.8 Å². The number of urea groups is 1. The van der Waals surface area contributed by atoms with Gasteiger partial charge in [0.2, 0.25) is 0 Å². The molecule has 4 aromatic rings. The Morgan fingerprint density at radius 1 is 1.06 bits per heavy atom. The third-order valence-corrected chi connectivity index (χ3v) is 7.18. The van der Waals surface area contributed by atoms with E-state index in [0.29, 0.717) is 45.7 Å². The average Bonchev–Trinajstić information content (AvgIpc) is 3.26. The molecule has 0 atom stereocenters. The Labute approximate surface area is 205 Å². The van der Waals surface area contributed by atoms with Gasteiger partial charge in [-0.05, 0) is 55.3 Å². The normalized spacial score (nSPS) is 15.7. The molecule has 2 N–H and O–H groups in total. The molecule has 1 saturated heterocycles. The van der Waals surface area contributed by atoms with E-state index in [1.54, 1.807) is 17.2 Å². The van der Waals surface area contributed by atoms with E-state index < -0.39 is 0 Å². The predicted octanol–water partition coefficient (Wildman–Crippen LogP) is 5.68. The molecule has 6 rings (SSSR count). The summed E-state index contributed by atoms with van der Waals surface area (Å²) in [7, 11) is 0. The maximum absolute atomic E-state index is 13.3. The summed E-state index contributed by atoms with van der Waals surface area (Å²) in [4.78, 5) is 33.6. The number of hydrogen-bond donors (Lipinski definition) is 2. The van der Waals surface area contributed by atoms with Crippen LogP contribution >= 0.6 is 11.3 Å². The van der Waals surface area contributed by atoms with E-state index in [2.05, 4.69) is 15.6 Å². The monoisotopic (exact) mass is 486 g/mol. The molecular weight excluding hydrogens is 464 g/mol. The number of amides is 3. The van der Waals surface area contributed by atoms with Gasteiger partial charge in [-0.25, -0.2) is 9.78 Å². The molecule has 3 amide bonds. The number of aromatic nitrogens is 1. The summed E-state index contributed by atoms with van der Waals surface area (Å²) in [5, 5.41) is 6.78. The molecule has 9 heteroatoms. The molecule has 1 fully saturated rings. The highest BCUT2D eigenvalue weighted by Crippen LogP contribution is 2.45. The quantitative estimate of drug-likeness (QED) is 0.379. The lowest BCUT2D eigenvalue weighted by atomic mass is 10.1. The van der Waals surface area contributed by atoms with E-state index in [4.69, 9.17) is 9.47 Å². The Kier molecular flexibility index (Phi) is 5.55. The zero-order valence-corrected chi connectivity index (χ0v) is 19.5. The van der Waals surface area contributed by atoms with Gasteiger partial charge in [0, 0.05) is 25.5 Å². The summed E-state index contributed by atoms with van der Waals surface area (Å²) in [6.07, 6.45) is 3.22. The van der Waals surface area contributed by atoms with Crippen molar-refractivity contribution < 1.29 is 19.1 Å². The molecule has 35 heavy (non-hydrogen) atoms. The van der Waals surface area contributed by atoms with Crippen molar-refractivity contribution in [2.75, 3.05) is 23.4 Å². The molecule has 2 aliphatic rings. The Bertz CT molecular complexity index is 1400. The summed E-state index contributed by atoms with van der Waals surface area (Å²) < 4.78 is 11.3. The molecule has 0 radical (unpaired) electrons. The molecule has 0 aliphatic carbocycles. The molecule has 2 aliphatic heterocycles. The number of para-hydroxylation sites is 1. The summed E-state index contributed by atoms with van der Waals surface area (Å²) in [6.45, 7) is 1.27. The van der Waals surface area contributed by atoms with E-state index in [-0.39, 0.29) is 18.0 Å². The molecule has 0 spiro atoms. The van der Waals surface area contributed by atoms with Crippen LogP contribution in [-0.4, -0.2) is 36.2 Å². The van der Waals surface area contributed by atoms with Crippen molar-refractivity contribution in [2.24, 2.45) is 0 Å². The second-order valence-corrected chi connectivity index (χ2v) is 9.35. The molecule has 2 aromatic carbocycles. The number of nitrogens with one attached hydrogen (secondary N) is 2. The van der Waals surface area contributed by atoms with Crippen LogP contribution in [0.1, 0.15) is 22.5 Å². The van der Waals surface area contributed by atoms with Crippen molar-refractivity contribution in [1.29, 1.82) is 0 Å². The third-order valence-electron chi connectivity index (χ3n) is 6.08. The lowest BCUT2D eigenvalue weighted by Crippen LogP contribution is -2.39. The molecule has 0 bridgehead atoms. The highest BCUT2D eigenvalue weighted by molar-refractivity contribution is 7.21. The van der Waals surface area contributed by atoms with Crippen LogP contribution in [-0.2, 0) is 4.74 Å². The minimum atomic E-state index is -0.333. The number of nitrogens with zero attached hydrogens (tertiary/aromatic N) is 2. The Hall–Kier alpha value is -3.95. The molecule has 0 saturated carbocycles. The maximum Gasteiger partial charge on any atom is 0.331 e. The molecular formula is C26H22N4O4S. The van der Waals surface area contributed by atoms with Crippen molar-refractivity contribution >= 4 is 50.6 Å². The number of ether oxygens (including phenoxy) is 2. The standard InChI is InChI=1S/C26H22N4O4S/c31-24(28-16-11-14-33-15-12-16)23-22-21-20(10-13-27-25(21)35-23)30(26(32)29-22)17-6-8-19(9-7-17)34-18-4-2-1-3-5-18/h1-10,13,16H,11-12,14-15H2,(H,28,31)(H,29,32). The maximum atomic E-state index is 13.3. The highest BCUT2D eigenvalue weighted by atomic mass is 32.1. The van der Waals surface area contributed by atoms with E-state index in [9.17, 15) is 9.59 Å². The van der Waals surface area contributed by atoms with Crippen LogP contribution in [0, 0.1) is 0 Å². The minimum Gasteiger partial charge on any atom is -0.457 e. The van der Waals surface area contributed by atoms with E-state index in [0.717, 1.165) is 24.0 Å². The molecule has 0 unspecified atom stereocenters. The number of benzene rings is 2. The van der Waals surface area contributed by atoms with Gasteiger partial charge < -0.3 is 20.1 Å². The summed E-state index contributed by atoms with van der Waals surface area (Å²) in [5.41, 5.74) is 1.88. The van der Waals surface area contributed by atoms with Crippen LogP contribution in [0.2, 0.25) is 0 Å². The van der Waals surface area contributed by atoms with Gasteiger partial charge in [-0.2, -0.15) is 0 Å². The van der Waals surface area contributed by atoms with Crippen molar-refractivity contribution in [3.63, 3.8) is 0 Å².